The van der Waals surface area contributed by atoms with Crippen molar-refractivity contribution in [1.82, 2.24) is 20.4 Å². The van der Waals surface area contributed by atoms with Gasteiger partial charge in [0.25, 0.3) is 17.1 Å². The van der Waals surface area contributed by atoms with Gasteiger partial charge in [-0.25, -0.2) is 17.6 Å². The van der Waals surface area contributed by atoms with Crippen molar-refractivity contribution in [2.45, 2.75) is 19.3 Å². The summed E-state index contributed by atoms with van der Waals surface area (Å²) in [5.74, 6) is -3.16. The molecule has 1 aliphatic carbocycles. The van der Waals surface area contributed by atoms with Crippen LogP contribution in [-0.2, 0) is 0 Å². The fraction of sp³-hybridized carbons (Fsp3) is 0.321. The maximum Gasteiger partial charge on any atom is 0.271 e. The van der Waals surface area contributed by atoms with E-state index in [1.165, 1.54) is 23.8 Å². The predicted octanol–water partition coefficient (Wildman–Crippen LogP) is 4.59. The third kappa shape index (κ3) is 7.78. The molecule has 1 N–H and O–H groups in total. The molecular formula is C28H26ClF4N5O3. The number of piperazine rings is 1. The van der Waals surface area contributed by atoms with Crippen LogP contribution in [0.4, 0.5) is 23.4 Å². The average Bonchev–Trinajstić information content (AvgIpc) is 3.78. The topological polar surface area (TPSA) is 95.5 Å². The Hall–Kier alpha value is -4.06. The van der Waals surface area contributed by atoms with Crippen LogP contribution in [0.15, 0.2) is 48.5 Å². The second kappa shape index (κ2) is 13.5. The summed E-state index contributed by atoms with van der Waals surface area (Å²) in [6.07, 6.45) is 3.49. The van der Waals surface area contributed by atoms with Gasteiger partial charge in [0.15, 0.2) is 11.5 Å². The molecule has 41 heavy (non-hydrogen) atoms. The van der Waals surface area contributed by atoms with Crippen LogP contribution in [0.3, 0.4) is 0 Å². The van der Waals surface area contributed by atoms with Gasteiger partial charge in [-0.05, 0) is 60.3 Å². The van der Waals surface area contributed by atoms with Crippen molar-refractivity contribution >= 4 is 34.5 Å². The lowest BCUT2D eigenvalue weighted by Gasteiger charge is -2.35. The number of amides is 2. The van der Waals surface area contributed by atoms with Gasteiger partial charge in [0.05, 0.1) is 0 Å². The van der Waals surface area contributed by atoms with Crippen molar-refractivity contribution in [3.8, 4) is 0 Å². The Balaban J connectivity index is 0.000000296. The van der Waals surface area contributed by atoms with E-state index in [0.717, 1.165) is 42.7 Å². The zero-order valence-electron chi connectivity index (χ0n) is 21.8. The standard InChI is InChI=1S/C21H23F2N5O2.C7H3ClF2O/c22-15-2-1-3-16(23)19(15)21(30)28-12-10-27(11-13-28)18-7-6-17(25-26-18)20(29)24-9-8-14-4-5-14;8-7(11)6-4(9)2-1-3-5(6)10/h1-3,6-7,14H,4-5,8-13H2,(H,24,29);1-3H. The molecule has 2 aromatic carbocycles. The van der Waals surface area contributed by atoms with Crippen LogP contribution in [0.5, 0.6) is 0 Å². The lowest BCUT2D eigenvalue weighted by atomic mass is 10.1. The highest BCUT2D eigenvalue weighted by Gasteiger charge is 2.27. The maximum atomic E-state index is 13.9. The minimum atomic E-state index is -1.12. The van der Waals surface area contributed by atoms with Crippen LogP contribution >= 0.6 is 11.6 Å². The number of aromatic nitrogens is 2. The van der Waals surface area contributed by atoms with Crippen molar-refractivity contribution in [3.63, 3.8) is 0 Å². The Kier molecular flexibility index (Phi) is 9.87. The largest absolute Gasteiger partial charge is 0.352 e. The summed E-state index contributed by atoms with van der Waals surface area (Å²) < 4.78 is 52.9. The second-order valence-electron chi connectivity index (χ2n) is 9.51. The molecule has 8 nitrogen and oxygen atoms in total. The Bertz CT molecular complexity index is 1370. The monoisotopic (exact) mass is 591 g/mol. The first-order chi connectivity index (χ1) is 19.7. The zero-order chi connectivity index (χ0) is 29.5. The van der Waals surface area contributed by atoms with E-state index in [2.05, 4.69) is 15.5 Å². The predicted molar refractivity (Wildman–Crippen MR) is 143 cm³/mol. The zero-order valence-corrected chi connectivity index (χ0v) is 22.5. The molecule has 1 saturated carbocycles. The van der Waals surface area contributed by atoms with Crippen LogP contribution in [0.25, 0.3) is 0 Å². The fourth-order valence-electron chi connectivity index (χ4n) is 4.19. The normalized spacial score (nSPS) is 14.7. The Morgan fingerprint density at radius 2 is 1.37 bits per heavy atom. The Morgan fingerprint density at radius 3 is 1.83 bits per heavy atom. The molecule has 5 rings (SSSR count). The van der Waals surface area contributed by atoms with Gasteiger partial charge in [0.2, 0.25) is 0 Å². The molecule has 0 unspecified atom stereocenters. The number of carbonyl (C=O) groups excluding carboxylic acids is 3. The van der Waals surface area contributed by atoms with E-state index in [-0.39, 0.29) is 11.6 Å². The van der Waals surface area contributed by atoms with Gasteiger partial charge in [-0.2, -0.15) is 0 Å². The van der Waals surface area contributed by atoms with Crippen molar-refractivity contribution in [3.05, 3.63) is 88.6 Å². The highest BCUT2D eigenvalue weighted by atomic mass is 35.5. The van der Waals surface area contributed by atoms with E-state index in [1.807, 2.05) is 4.90 Å². The number of hydrogen-bond donors (Lipinski definition) is 1. The number of nitrogens with one attached hydrogen (secondary N) is 1. The molecule has 0 atom stereocenters. The smallest absolute Gasteiger partial charge is 0.271 e. The fourth-order valence-corrected chi connectivity index (χ4v) is 4.37. The van der Waals surface area contributed by atoms with Gasteiger partial charge >= 0.3 is 0 Å². The van der Waals surface area contributed by atoms with E-state index in [1.54, 1.807) is 12.1 Å². The average molecular weight is 592 g/mol. The summed E-state index contributed by atoms with van der Waals surface area (Å²) >= 11 is 4.89. The van der Waals surface area contributed by atoms with E-state index in [9.17, 15) is 31.9 Å². The molecule has 0 bridgehead atoms. The highest BCUT2D eigenvalue weighted by molar-refractivity contribution is 6.67. The Labute approximate surface area is 238 Å². The molecule has 0 radical (unpaired) electrons. The summed E-state index contributed by atoms with van der Waals surface area (Å²) in [6, 6.07) is 9.83. The van der Waals surface area contributed by atoms with Crippen molar-refractivity contribution < 1.29 is 31.9 Å². The molecule has 2 amide bonds. The van der Waals surface area contributed by atoms with Gasteiger partial charge < -0.3 is 15.1 Å². The maximum absolute atomic E-state index is 13.9. The van der Waals surface area contributed by atoms with Crippen LogP contribution in [0.2, 0.25) is 0 Å². The molecule has 2 heterocycles. The van der Waals surface area contributed by atoms with Gasteiger partial charge in [-0.15, -0.1) is 10.2 Å². The molecule has 216 valence electrons. The van der Waals surface area contributed by atoms with Crippen LogP contribution in [-0.4, -0.2) is 64.9 Å². The van der Waals surface area contributed by atoms with Crippen LogP contribution in [0, 0.1) is 29.2 Å². The molecular weight excluding hydrogens is 566 g/mol. The van der Waals surface area contributed by atoms with E-state index < -0.39 is 45.5 Å². The molecule has 1 aliphatic heterocycles. The van der Waals surface area contributed by atoms with Crippen LogP contribution in [0.1, 0.15) is 50.5 Å². The SMILES string of the molecule is O=C(Cl)c1c(F)cccc1F.O=C(NCCC1CC1)c1ccc(N2CCN(C(=O)c3c(F)cccc3F)CC2)nn1. The number of hydrogen-bond acceptors (Lipinski definition) is 6. The van der Waals surface area contributed by atoms with Gasteiger partial charge in [0.1, 0.15) is 34.4 Å². The molecule has 1 aromatic heterocycles. The summed E-state index contributed by atoms with van der Waals surface area (Å²) in [5.41, 5.74) is -0.963. The van der Waals surface area contributed by atoms with E-state index in [0.29, 0.717) is 38.5 Å². The number of halogens is 5. The van der Waals surface area contributed by atoms with Gasteiger partial charge in [0, 0.05) is 32.7 Å². The first-order valence-electron chi connectivity index (χ1n) is 12.9. The van der Waals surface area contributed by atoms with Crippen molar-refractivity contribution in [2.75, 3.05) is 37.6 Å². The quantitative estimate of drug-likeness (QED) is 0.319. The third-order valence-electron chi connectivity index (χ3n) is 6.64. The molecule has 13 heteroatoms. The second-order valence-corrected chi connectivity index (χ2v) is 9.85. The summed E-state index contributed by atoms with van der Waals surface area (Å²) in [4.78, 5) is 38.3. The molecule has 2 aliphatic rings. The van der Waals surface area contributed by atoms with Crippen molar-refractivity contribution in [2.24, 2.45) is 5.92 Å². The minimum Gasteiger partial charge on any atom is -0.352 e. The lowest BCUT2D eigenvalue weighted by molar-refractivity contribution is 0.0736. The molecule has 0 spiro atoms. The number of nitrogens with zero attached hydrogens (tertiary/aromatic N) is 4. The minimum absolute atomic E-state index is 0.239. The van der Waals surface area contributed by atoms with Crippen LogP contribution < -0.4 is 10.2 Å². The van der Waals surface area contributed by atoms with E-state index in [4.69, 9.17) is 11.6 Å². The first-order valence-corrected chi connectivity index (χ1v) is 13.3. The highest BCUT2D eigenvalue weighted by Crippen LogP contribution is 2.31. The Morgan fingerprint density at radius 1 is 0.805 bits per heavy atom. The first kappa shape index (κ1) is 29.9. The number of rotatable bonds is 7. The molecule has 2 fully saturated rings. The summed E-state index contributed by atoms with van der Waals surface area (Å²) in [5, 5.41) is 9.86. The van der Waals surface area contributed by atoms with Crippen molar-refractivity contribution in [1.29, 1.82) is 0 Å². The van der Waals surface area contributed by atoms with Gasteiger partial charge in [-0.3, -0.25) is 14.4 Å². The molecule has 3 aromatic rings. The summed E-state index contributed by atoms with van der Waals surface area (Å²) in [6.45, 7) is 2.15. The lowest BCUT2D eigenvalue weighted by Crippen LogP contribution is -2.49. The van der Waals surface area contributed by atoms with E-state index >= 15 is 0 Å². The number of benzene rings is 2. The van der Waals surface area contributed by atoms with Gasteiger partial charge in [-0.1, -0.05) is 25.0 Å². The summed E-state index contributed by atoms with van der Waals surface area (Å²) in [7, 11) is 0. The molecule has 1 saturated heterocycles. The number of carbonyl (C=O) groups is 3. The third-order valence-corrected chi connectivity index (χ3v) is 6.83. The number of anilines is 1.